The van der Waals surface area contributed by atoms with Crippen molar-refractivity contribution in [1.29, 1.82) is 0 Å². The first kappa shape index (κ1) is 11.5. The fourth-order valence-electron chi connectivity index (χ4n) is 2.05. The number of halogens is 1. The molecule has 1 aromatic heterocycles. The van der Waals surface area contributed by atoms with Crippen LogP contribution >= 0.6 is 0 Å². The molecule has 0 saturated carbocycles. The number of carbonyl (C=O) groups excluding carboxylic acids is 2. The molecule has 0 radical (unpaired) electrons. The Kier molecular flexibility index (Phi) is 2.41. The summed E-state index contributed by atoms with van der Waals surface area (Å²) in [6.45, 7) is 0.00894. The Balaban J connectivity index is 2.07. The maximum Gasteiger partial charge on any atom is 0.299 e. The molecule has 1 aliphatic heterocycles. The molecule has 0 atom stereocenters. The Morgan fingerprint density at radius 1 is 1.32 bits per heavy atom. The molecule has 6 nitrogen and oxygen atoms in total. The van der Waals surface area contributed by atoms with Gasteiger partial charge in [-0.1, -0.05) is 6.07 Å². The van der Waals surface area contributed by atoms with E-state index in [-0.39, 0.29) is 17.8 Å². The van der Waals surface area contributed by atoms with Crippen molar-refractivity contribution in [3.8, 4) is 0 Å². The van der Waals surface area contributed by atoms with E-state index in [9.17, 15) is 14.0 Å². The highest BCUT2D eigenvalue weighted by Gasteiger charge is 2.38. The summed E-state index contributed by atoms with van der Waals surface area (Å²) in [7, 11) is 1.71. The fraction of sp³-hybridized carbons (Fsp3) is 0.167. The summed E-state index contributed by atoms with van der Waals surface area (Å²) in [5.41, 5.74) is 0.104. The molecule has 1 amide bonds. The highest BCUT2D eigenvalue weighted by molar-refractivity contribution is 6.52. The second-order valence-corrected chi connectivity index (χ2v) is 4.21. The van der Waals surface area contributed by atoms with Gasteiger partial charge in [0, 0.05) is 7.05 Å². The molecule has 2 aromatic rings. The second kappa shape index (κ2) is 3.98. The number of aryl methyl sites for hydroxylation is 1. The van der Waals surface area contributed by atoms with Gasteiger partial charge in [0.2, 0.25) is 0 Å². The smallest absolute Gasteiger partial charge is 0.299 e. The molecule has 0 aliphatic carbocycles. The maximum atomic E-state index is 13.8. The van der Waals surface area contributed by atoms with Crippen LogP contribution in [0.25, 0.3) is 0 Å². The first-order chi connectivity index (χ1) is 9.09. The summed E-state index contributed by atoms with van der Waals surface area (Å²) in [6.07, 6.45) is 1.47. The lowest BCUT2D eigenvalue weighted by molar-refractivity contribution is -0.114. The Morgan fingerprint density at radius 2 is 2.11 bits per heavy atom. The molecule has 0 N–H and O–H groups in total. The third kappa shape index (κ3) is 1.62. The SMILES string of the molecule is Cn1cnnc1CN1C(=O)C(=O)c2cccc(F)c21. The summed E-state index contributed by atoms with van der Waals surface area (Å²) in [5.74, 6) is -1.57. The van der Waals surface area contributed by atoms with Crippen molar-refractivity contribution in [2.24, 2.45) is 7.05 Å². The van der Waals surface area contributed by atoms with Gasteiger partial charge in [-0.3, -0.25) is 14.5 Å². The van der Waals surface area contributed by atoms with Crippen molar-refractivity contribution in [2.45, 2.75) is 6.54 Å². The van der Waals surface area contributed by atoms with Gasteiger partial charge < -0.3 is 4.57 Å². The number of benzene rings is 1. The number of anilines is 1. The molecule has 2 heterocycles. The lowest BCUT2D eigenvalue weighted by Crippen LogP contribution is -2.30. The van der Waals surface area contributed by atoms with Crippen LogP contribution in [0.4, 0.5) is 10.1 Å². The molecule has 0 bridgehead atoms. The minimum Gasteiger partial charge on any atom is -0.319 e. The Bertz CT molecular complexity index is 695. The second-order valence-electron chi connectivity index (χ2n) is 4.21. The Hall–Kier alpha value is -2.57. The average molecular weight is 260 g/mol. The fourth-order valence-corrected chi connectivity index (χ4v) is 2.05. The summed E-state index contributed by atoms with van der Waals surface area (Å²) >= 11 is 0. The van der Waals surface area contributed by atoms with Gasteiger partial charge in [0.25, 0.3) is 11.7 Å². The van der Waals surface area contributed by atoms with Gasteiger partial charge in [-0.25, -0.2) is 4.39 Å². The maximum absolute atomic E-state index is 13.8. The Morgan fingerprint density at radius 3 is 2.79 bits per heavy atom. The minimum atomic E-state index is -0.747. The zero-order valence-electron chi connectivity index (χ0n) is 10.00. The molecule has 0 saturated heterocycles. The molecule has 19 heavy (non-hydrogen) atoms. The molecule has 1 aromatic carbocycles. The number of carbonyl (C=O) groups is 2. The van der Waals surface area contributed by atoms with Crippen molar-refractivity contribution < 1.29 is 14.0 Å². The predicted molar refractivity (Wildman–Crippen MR) is 62.9 cm³/mol. The highest BCUT2D eigenvalue weighted by Crippen LogP contribution is 2.32. The molecule has 7 heteroatoms. The van der Waals surface area contributed by atoms with Gasteiger partial charge in [-0.05, 0) is 12.1 Å². The summed E-state index contributed by atoms with van der Waals surface area (Å²) in [6, 6.07) is 4.06. The van der Waals surface area contributed by atoms with Crippen LogP contribution in [0, 0.1) is 5.82 Å². The van der Waals surface area contributed by atoms with Gasteiger partial charge in [0.1, 0.15) is 12.1 Å². The van der Waals surface area contributed by atoms with E-state index in [4.69, 9.17) is 0 Å². The zero-order chi connectivity index (χ0) is 13.6. The largest absolute Gasteiger partial charge is 0.319 e. The van der Waals surface area contributed by atoms with Gasteiger partial charge in [0.05, 0.1) is 17.8 Å². The molecule has 0 spiro atoms. The van der Waals surface area contributed by atoms with Crippen LogP contribution in [0.1, 0.15) is 16.2 Å². The lowest BCUT2D eigenvalue weighted by Gasteiger charge is -2.16. The summed E-state index contributed by atoms with van der Waals surface area (Å²) < 4.78 is 15.4. The van der Waals surface area contributed by atoms with Crippen molar-refractivity contribution in [3.05, 3.63) is 41.7 Å². The summed E-state index contributed by atoms with van der Waals surface area (Å²) in [5, 5.41) is 7.51. The van der Waals surface area contributed by atoms with Crippen LogP contribution in [0.2, 0.25) is 0 Å². The number of amides is 1. The average Bonchev–Trinajstić information content (AvgIpc) is 2.89. The van der Waals surface area contributed by atoms with E-state index in [1.165, 1.54) is 24.5 Å². The van der Waals surface area contributed by atoms with Crippen LogP contribution in [0.15, 0.2) is 24.5 Å². The highest BCUT2D eigenvalue weighted by atomic mass is 19.1. The van der Waals surface area contributed by atoms with Crippen molar-refractivity contribution in [3.63, 3.8) is 0 Å². The van der Waals surface area contributed by atoms with Gasteiger partial charge >= 0.3 is 0 Å². The molecule has 0 unspecified atom stereocenters. The number of hydrogen-bond acceptors (Lipinski definition) is 4. The lowest BCUT2D eigenvalue weighted by atomic mass is 10.1. The van der Waals surface area contributed by atoms with Crippen molar-refractivity contribution >= 4 is 17.4 Å². The first-order valence-electron chi connectivity index (χ1n) is 5.57. The normalized spacial score (nSPS) is 14.1. The van der Waals surface area contributed by atoms with E-state index in [0.29, 0.717) is 5.82 Å². The third-order valence-electron chi connectivity index (χ3n) is 3.05. The molecule has 96 valence electrons. The number of aromatic nitrogens is 3. The van der Waals surface area contributed by atoms with Crippen molar-refractivity contribution in [1.82, 2.24) is 14.8 Å². The standard InChI is InChI=1S/C12H9FN4O2/c1-16-6-14-15-9(16)5-17-10-7(11(18)12(17)19)3-2-4-8(10)13/h2-4,6H,5H2,1H3. The number of ketones is 1. The summed E-state index contributed by atoms with van der Waals surface area (Å²) in [4.78, 5) is 24.8. The van der Waals surface area contributed by atoms with E-state index >= 15 is 0 Å². The van der Waals surface area contributed by atoms with Crippen LogP contribution in [0.3, 0.4) is 0 Å². The number of para-hydroxylation sites is 1. The molecular formula is C12H9FN4O2. The topological polar surface area (TPSA) is 68.1 Å². The number of Topliss-reactive ketones (excluding diaryl/α,β-unsaturated/α-hetero) is 1. The van der Waals surface area contributed by atoms with Gasteiger partial charge in [-0.2, -0.15) is 0 Å². The molecular weight excluding hydrogens is 251 g/mol. The number of fused-ring (bicyclic) bond motifs is 1. The number of nitrogens with zero attached hydrogens (tertiary/aromatic N) is 4. The molecule has 1 aliphatic rings. The van der Waals surface area contributed by atoms with E-state index < -0.39 is 17.5 Å². The molecule has 3 rings (SSSR count). The van der Waals surface area contributed by atoms with Crippen LogP contribution in [-0.2, 0) is 18.4 Å². The van der Waals surface area contributed by atoms with Crippen LogP contribution in [-0.4, -0.2) is 26.5 Å². The van der Waals surface area contributed by atoms with Crippen LogP contribution < -0.4 is 4.90 Å². The monoisotopic (exact) mass is 260 g/mol. The number of rotatable bonds is 2. The van der Waals surface area contributed by atoms with Crippen LogP contribution in [0.5, 0.6) is 0 Å². The Labute approximate surface area is 107 Å². The first-order valence-corrected chi connectivity index (χ1v) is 5.57. The number of hydrogen-bond donors (Lipinski definition) is 0. The quantitative estimate of drug-likeness (QED) is 0.745. The van der Waals surface area contributed by atoms with Crippen molar-refractivity contribution in [2.75, 3.05) is 4.90 Å². The van der Waals surface area contributed by atoms with Gasteiger partial charge in [-0.15, -0.1) is 10.2 Å². The van der Waals surface area contributed by atoms with E-state index in [0.717, 1.165) is 4.90 Å². The zero-order valence-corrected chi connectivity index (χ0v) is 10.00. The molecule has 0 fully saturated rings. The third-order valence-corrected chi connectivity index (χ3v) is 3.05. The van der Waals surface area contributed by atoms with Gasteiger partial charge in [0.15, 0.2) is 5.82 Å². The predicted octanol–water partition coefficient (Wildman–Crippen LogP) is 0.684. The van der Waals surface area contributed by atoms with E-state index in [2.05, 4.69) is 10.2 Å². The van der Waals surface area contributed by atoms with E-state index in [1.807, 2.05) is 0 Å². The van der Waals surface area contributed by atoms with E-state index in [1.54, 1.807) is 11.6 Å². The minimum absolute atomic E-state index is 0.00894.